The summed E-state index contributed by atoms with van der Waals surface area (Å²) in [5.41, 5.74) is 6.77. The topological polar surface area (TPSA) is 92.5 Å². The van der Waals surface area contributed by atoms with Gasteiger partial charge in [-0.15, -0.1) is 0 Å². The number of benzene rings is 2. The first kappa shape index (κ1) is 18.2. The van der Waals surface area contributed by atoms with E-state index in [-0.39, 0.29) is 22.4 Å². The van der Waals surface area contributed by atoms with Gasteiger partial charge in [-0.2, -0.15) is 0 Å². The van der Waals surface area contributed by atoms with Crippen molar-refractivity contribution in [2.75, 3.05) is 17.3 Å². The fraction of sp³-hybridized carbons (Fsp3) is 0.0556. The molecule has 0 unspecified atom stereocenters. The molecular weight excluding hydrogens is 342 g/mol. The van der Waals surface area contributed by atoms with E-state index in [4.69, 9.17) is 17.3 Å². The molecule has 128 valence electrons. The van der Waals surface area contributed by atoms with Gasteiger partial charge < -0.3 is 16.0 Å². The zero-order chi connectivity index (χ0) is 18.6. The number of rotatable bonds is 5. The molecule has 3 N–H and O–H groups in total. The second-order valence-electron chi connectivity index (χ2n) is 5.16. The molecule has 0 aromatic heterocycles. The third kappa shape index (κ3) is 4.24. The number of primary amides is 1. The van der Waals surface area contributed by atoms with Crippen molar-refractivity contribution in [3.8, 4) is 0 Å². The van der Waals surface area contributed by atoms with E-state index < -0.39 is 5.91 Å². The third-order valence-electron chi connectivity index (χ3n) is 3.51. The van der Waals surface area contributed by atoms with Crippen molar-refractivity contribution in [3.05, 3.63) is 71.3 Å². The minimum Gasteiger partial charge on any atom is -0.366 e. The van der Waals surface area contributed by atoms with Crippen molar-refractivity contribution in [1.29, 1.82) is 0 Å². The summed E-state index contributed by atoms with van der Waals surface area (Å²) in [6.07, 6.45) is 1.21. The summed E-state index contributed by atoms with van der Waals surface area (Å²) >= 11 is 5.88. The van der Waals surface area contributed by atoms with E-state index in [0.717, 1.165) is 0 Å². The first-order valence-corrected chi connectivity index (χ1v) is 7.62. The highest BCUT2D eigenvalue weighted by molar-refractivity contribution is 6.34. The molecule has 2 aromatic rings. The second kappa shape index (κ2) is 7.63. The number of hydrogen-bond acceptors (Lipinski definition) is 3. The minimum absolute atomic E-state index is 0.124. The maximum atomic E-state index is 12.3. The summed E-state index contributed by atoms with van der Waals surface area (Å²) in [5, 5.41) is 2.87. The first-order valence-electron chi connectivity index (χ1n) is 7.24. The Hall–Kier alpha value is -3.12. The lowest BCUT2D eigenvalue weighted by atomic mass is 10.1. The minimum atomic E-state index is -0.680. The van der Waals surface area contributed by atoms with Crippen molar-refractivity contribution in [1.82, 2.24) is 0 Å². The number of nitrogens with two attached hydrogens (primary N) is 1. The number of anilines is 2. The van der Waals surface area contributed by atoms with Crippen molar-refractivity contribution < 1.29 is 14.4 Å². The smallest absolute Gasteiger partial charge is 0.255 e. The van der Waals surface area contributed by atoms with E-state index in [2.05, 4.69) is 11.9 Å². The summed E-state index contributed by atoms with van der Waals surface area (Å²) in [6.45, 7) is 3.43. The lowest BCUT2D eigenvalue weighted by Gasteiger charge is -2.15. The maximum Gasteiger partial charge on any atom is 0.255 e. The zero-order valence-electron chi connectivity index (χ0n) is 13.5. The molecule has 0 saturated heterocycles. The number of likely N-dealkylation sites (N-methyl/N-ethyl adjacent to an activating group) is 1. The number of hydrogen-bond donors (Lipinski definition) is 2. The normalized spacial score (nSPS) is 10.0. The zero-order valence-corrected chi connectivity index (χ0v) is 14.2. The van der Waals surface area contributed by atoms with Gasteiger partial charge >= 0.3 is 0 Å². The Labute approximate surface area is 149 Å². The van der Waals surface area contributed by atoms with E-state index in [1.165, 1.54) is 23.1 Å². The Morgan fingerprint density at radius 3 is 2.36 bits per heavy atom. The standard InChI is InChI=1S/C18H16ClN3O3/c1-3-16(23)22(2)13-7-4-11(5-8-13)18(25)21-12-6-9-15(19)14(10-12)17(20)24/h3-10H,1H2,2H3,(H2,20,24)(H,21,25). The van der Waals surface area contributed by atoms with Crippen LogP contribution in [0, 0.1) is 0 Å². The molecule has 0 bridgehead atoms. The predicted octanol–water partition coefficient (Wildman–Crippen LogP) is 2.84. The van der Waals surface area contributed by atoms with Crippen molar-refractivity contribution >= 4 is 40.7 Å². The van der Waals surface area contributed by atoms with Gasteiger partial charge in [0.2, 0.25) is 11.8 Å². The van der Waals surface area contributed by atoms with Gasteiger partial charge in [-0.05, 0) is 48.5 Å². The van der Waals surface area contributed by atoms with Gasteiger partial charge in [-0.3, -0.25) is 14.4 Å². The molecule has 2 aromatic carbocycles. The van der Waals surface area contributed by atoms with Crippen LogP contribution in [0.15, 0.2) is 55.1 Å². The van der Waals surface area contributed by atoms with Crippen LogP contribution in [-0.4, -0.2) is 24.8 Å². The van der Waals surface area contributed by atoms with Gasteiger partial charge in [0.1, 0.15) is 0 Å². The third-order valence-corrected chi connectivity index (χ3v) is 3.84. The molecule has 0 radical (unpaired) electrons. The van der Waals surface area contributed by atoms with Crippen LogP contribution in [0.1, 0.15) is 20.7 Å². The number of amides is 3. The summed E-state index contributed by atoms with van der Waals surface area (Å²) in [6, 6.07) is 10.9. The molecule has 0 heterocycles. The average Bonchev–Trinajstić information content (AvgIpc) is 2.61. The van der Waals surface area contributed by atoms with Crippen molar-refractivity contribution in [2.24, 2.45) is 5.73 Å². The number of nitrogens with zero attached hydrogens (tertiary/aromatic N) is 1. The molecule has 6 nitrogen and oxygen atoms in total. The Morgan fingerprint density at radius 1 is 1.16 bits per heavy atom. The van der Waals surface area contributed by atoms with Gasteiger partial charge in [0.25, 0.3) is 5.91 Å². The Bertz CT molecular complexity index is 847. The van der Waals surface area contributed by atoms with E-state index in [1.807, 2.05) is 0 Å². The summed E-state index contributed by atoms with van der Waals surface area (Å²) in [4.78, 5) is 36.6. The second-order valence-corrected chi connectivity index (χ2v) is 5.57. The Balaban J connectivity index is 2.16. The molecule has 0 spiro atoms. The van der Waals surface area contributed by atoms with Gasteiger partial charge in [-0.1, -0.05) is 18.2 Å². The predicted molar refractivity (Wildman–Crippen MR) is 98.0 cm³/mol. The van der Waals surface area contributed by atoms with Crippen LogP contribution in [-0.2, 0) is 4.79 Å². The van der Waals surface area contributed by atoms with Crippen molar-refractivity contribution in [2.45, 2.75) is 0 Å². The SMILES string of the molecule is C=CC(=O)N(C)c1ccc(C(=O)Nc2ccc(Cl)c(C(N)=O)c2)cc1. The number of halogens is 1. The highest BCUT2D eigenvalue weighted by Gasteiger charge is 2.12. The van der Waals surface area contributed by atoms with Gasteiger partial charge in [0.15, 0.2) is 0 Å². The molecule has 2 rings (SSSR count). The molecule has 0 atom stereocenters. The molecular formula is C18H16ClN3O3. The Kier molecular flexibility index (Phi) is 5.56. The van der Waals surface area contributed by atoms with Crippen LogP contribution in [0.4, 0.5) is 11.4 Å². The van der Waals surface area contributed by atoms with Crippen LogP contribution >= 0.6 is 11.6 Å². The molecule has 0 aliphatic rings. The van der Waals surface area contributed by atoms with Crippen LogP contribution in [0.3, 0.4) is 0 Å². The first-order chi connectivity index (χ1) is 11.8. The molecule has 25 heavy (non-hydrogen) atoms. The van der Waals surface area contributed by atoms with Crippen LogP contribution in [0.25, 0.3) is 0 Å². The summed E-state index contributed by atoms with van der Waals surface area (Å²) in [7, 11) is 1.61. The van der Waals surface area contributed by atoms with Gasteiger partial charge in [0, 0.05) is 24.0 Å². The lowest BCUT2D eigenvalue weighted by Crippen LogP contribution is -2.23. The monoisotopic (exact) mass is 357 g/mol. The number of nitrogens with one attached hydrogen (secondary N) is 1. The van der Waals surface area contributed by atoms with E-state index in [1.54, 1.807) is 37.4 Å². The summed E-state index contributed by atoms with van der Waals surface area (Å²) < 4.78 is 0. The molecule has 0 aliphatic heterocycles. The molecule has 0 fully saturated rings. The number of carbonyl (C=O) groups is 3. The molecule has 0 aliphatic carbocycles. The van der Waals surface area contributed by atoms with Crippen LogP contribution < -0.4 is 16.0 Å². The quantitative estimate of drug-likeness (QED) is 0.806. The molecule has 3 amide bonds. The fourth-order valence-electron chi connectivity index (χ4n) is 2.10. The maximum absolute atomic E-state index is 12.3. The van der Waals surface area contributed by atoms with Gasteiger partial charge in [0.05, 0.1) is 10.6 Å². The van der Waals surface area contributed by atoms with E-state index in [0.29, 0.717) is 16.9 Å². The summed E-state index contributed by atoms with van der Waals surface area (Å²) in [5.74, 6) is -1.31. The molecule has 7 heteroatoms. The highest BCUT2D eigenvalue weighted by Crippen LogP contribution is 2.21. The highest BCUT2D eigenvalue weighted by atomic mass is 35.5. The van der Waals surface area contributed by atoms with Crippen LogP contribution in [0.2, 0.25) is 5.02 Å². The van der Waals surface area contributed by atoms with E-state index >= 15 is 0 Å². The fourth-order valence-corrected chi connectivity index (χ4v) is 2.31. The average molecular weight is 358 g/mol. The van der Waals surface area contributed by atoms with Crippen LogP contribution in [0.5, 0.6) is 0 Å². The largest absolute Gasteiger partial charge is 0.366 e. The Morgan fingerprint density at radius 2 is 1.80 bits per heavy atom. The van der Waals surface area contributed by atoms with E-state index in [9.17, 15) is 14.4 Å². The molecule has 0 saturated carbocycles. The van der Waals surface area contributed by atoms with Gasteiger partial charge in [-0.25, -0.2) is 0 Å². The lowest BCUT2D eigenvalue weighted by molar-refractivity contribution is -0.113. The van der Waals surface area contributed by atoms with Crippen molar-refractivity contribution in [3.63, 3.8) is 0 Å². The number of carbonyl (C=O) groups excluding carboxylic acids is 3.